The zero-order valence-electron chi connectivity index (χ0n) is 17.6. The Morgan fingerprint density at radius 1 is 1.10 bits per heavy atom. The quantitative estimate of drug-likeness (QED) is 0.692. The summed E-state index contributed by atoms with van der Waals surface area (Å²) in [6.45, 7) is 6.70. The van der Waals surface area contributed by atoms with Crippen LogP contribution >= 0.6 is 0 Å². The Balaban J connectivity index is 2.06. The Kier molecular flexibility index (Phi) is 7.03. The van der Waals surface area contributed by atoms with Gasteiger partial charge in [-0.2, -0.15) is 0 Å². The van der Waals surface area contributed by atoms with Crippen LogP contribution in [0.15, 0.2) is 24.3 Å². The van der Waals surface area contributed by atoms with E-state index in [1.165, 1.54) is 6.92 Å². The molecule has 2 N–H and O–H groups in total. The fourth-order valence-corrected chi connectivity index (χ4v) is 2.82. The van der Waals surface area contributed by atoms with Crippen LogP contribution < -0.4 is 10.2 Å². The topological polar surface area (TPSA) is 101 Å². The minimum atomic E-state index is -1.02. The number of rotatable bonds is 7. The van der Waals surface area contributed by atoms with E-state index in [1.807, 2.05) is 31.1 Å². The summed E-state index contributed by atoms with van der Waals surface area (Å²) in [6.07, 6.45) is -1.02. The number of aromatic nitrogens is 1. The number of anilines is 2. The number of esters is 2. The maximum Gasteiger partial charge on any atom is 0.355 e. The molecule has 8 heteroatoms. The molecule has 0 radical (unpaired) electrons. The third kappa shape index (κ3) is 5.16. The van der Waals surface area contributed by atoms with Crippen molar-refractivity contribution >= 4 is 29.2 Å². The molecule has 2 rings (SSSR count). The molecule has 0 spiro atoms. The number of carbonyl (C=O) groups is 3. The molecule has 0 aliphatic carbocycles. The third-order valence-electron chi connectivity index (χ3n) is 4.43. The molecule has 29 heavy (non-hydrogen) atoms. The minimum absolute atomic E-state index is 0.203. The molecule has 0 aliphatic heterocycles. The lowest BCUT2D eigenvalue weighted by atomic mass is 10.1. The number of benzene rings is 1. The lowest BCUT2D eigenvalue weighted by Gasteiger charge is -2.15. The van der Waals surface area contributed by atoms with Gasteiger partial charge in [-0.15, -0.1) is 0 Å². The Bertz CT molecular complexity index is 900. The van der Waals surface area contributed by atoms with Gasteiger partial charge < -0.3 is 24.7 Å². The number of carbonyl (C=O) groups excluding carboxylic acids is 3. The normalized spacial score (nSPS) is 11.5. The van der Waals surface area contributed by atoms with Crippen molar-refractivity contribution in [1.29, 1.82) is 0 Å². The molecule has 156 valence electrons. The summed E-state index contributed by atoms with van der Waals surface area (Å²) in [5.41, 5.74) is 2.93. The van der Waals surface area contributed by atoms with E-state index < -0.39 is 23.9 Å². The first-order valence-electron chi connectivity index (χ1n) is 9.31. The Morgan fingerprint density at radius 2 is 1.72 bits per heavy atom. The highest BCUT2D eigenvalue weighted by Crippen LogP contribution is 2.21. The Morgan fingerprint density at radius 3 is 2.28 bits per heavy atom. The summed E-state index contributed by atoms with van der Waals surface area (Å²) in [5, 5.41) is 2.72. The molecule has 1 heterocycles. The predicted molar refractivity (Wildman–Crippen MR) is 110 cm³/mol. The van der Waals surface area contributed by atoms with Crippen molar-refractivity contribution in [3.63, 3.8) is 0 Å². The van der Waals surface area contributed by atoms with Gasteiger partial charge in [0.15, 0.2) is 6.10 Å². The van der Waals surface area contributed by atoms with Crippen LogP contribution in [0.1, 0.15) is 46.0 Å². The van der Waals surface area contributed by atoms with Crippen LogP contribution in [-0.2, 0) is 14.3 Å². The highest BCUT2D eigenvalue weighted by molar-refractivity contribution is 6.01. The van der Waals surface area contributed by atoms with Gasteiger partial charge in [-0.1, -0.05) is 0 Å². The molecule has 1 aromatic heterocycles. The molecular formula is C21H27N3O5. The highest BCUT2D eigenvalue weighted by Gasteiger charge is 2.26. The second kappa shape index (κ2) is 9.27. The molecule has 8 nitrogen and oxygen atoms in total. The number of aryl methyl sites for hydroxylation is 1. The summed E-state index contributed by atoms with van der Waals surface area (Å²) in [7, 11) is 3.85. The second-order valence-electron chi connectivity index (χ2n) is 6.82. The summed E-state index contributed by atoms with van der Waals surface area (Å²) in [5.74, 6) is -1.68. The monoisotopic (exact) mass is 401 g/mol. The molecule has 0 saturated carbocycles. The smallest absolute Gasteiger partial charge is 0.355 e. The first-order valence-corrected chi connectivity index (χ1v) is 9.31. The maximum absolute atomic E-state index is 12.6. The van der Waals surface area contributed by atoms with Crippen molar-refractivity contribution in [2.24, 2.45) is 0 Å². The molecule has 0 bridgehead atoms. The maximum atomic E-state index is 12.6. The van der Waals surface area contributed by atoms with E-state index >= 15 is 0 Å². The van der Waals surface area contributed by atoms with Crippen LogP contribution in [0.5, 0.6) is 0 Å². The highest BCUT2D eigenvalue weighted by atomic mass is 16.5. The van der Waals surface area contributed by atoms with Gasteiger partial charge in [-0.3, -0.25) is 4.79 Å². The number of nitrogens with one attached hydrogen (secondary N) is 2. The third-order valence-corrected chi connectivity index (χ3v) is 4.43. The molecule has 1 aromatic carbocycles. The number of nitrogens with zero attached hydrogens (tertiary/aromatic N) is 1. The predicted octanol–water partition coefficient (Wildman–Crippen LogP) is 3.06. The van der Waals surface area contributed by atoms with Crippen LogP contribution in [-0.4, -0.2) is 49.6 Å². The molecule has 2 aromatic rings. The van der Waals surface area contributed by atoms with E-state index in [2.05, 4.69) is 10.3 Å². The first-order chi connectivity index (χ1) is 13.6. The largest absolute Gasteiger partial charge is 0.461 e. The molecule has 0 saturated heterocycles. The number of ether oxygens (including phenoxy) is 2. The summed E-state index contributed by atoms with van der Waals surface area (Å²) >= 11 is 0. The average molecular weight is 401 g/mol. The molecule has 0 aliphatic rings. The van der Waals surface area contributed by atoms with Crippen molar-refractivity contribution in [3.05, 3.63) is 46.8 Å². The van der Waals surface area contributed by atoms with E-state index in [4.69, 9.17) is 9.47 Å². The molecule has 1 atom stereocenters. The van der Waals surface area contributed by atoms with Gasteiger partial charge in [0.2, 0.25) is 0 Å². The van der Waals surface area contributed by atoms with Gasteiger partial charge in [-0.25, -0.2) is 9.59 Å². The van der Waals surface area contributed by atoms with Crippen molar-refractivity contribution in [2.45, 2.75) is 33.8 Å². The second-order valence-corrected chi connectivity index (χ2v) is 6.82. The summed E-state index contributed by atoms with van der Waals surface area (Å²) in [6, 6.07) is 7.28. The molecule has 0 fully saturated rings. The Labute approximate surface area is 170 Å². The van der Waals surface area contributed by atoms with Crippen LogP contribution in [0.3, 0.4) is 0 Å². The van der Waals surface area contributed by atoms with E-state index in [0.717, 1.165) is 5.69 Å². The molecule has 1 amide bonds. The fraction of sp³-hybridized carbons (Fsp3) is 0.381. The van der Waals surface area contributed by atoms with Crippen molar-refractivity contribution < 1.29 is 23.9 Å². The van der Waals surface area contributed by atoms with Gasteiger partial charge in [0.1, 0.15) is 5.69 Å². The lowest BCUT2D eigenvalue weighted by molar-refractivity contribution is -0.123. The van der Waals surface area contributed by atoms with E-state index in [9.17, 15) is 14.4 Å². The lowest BCUT2D eigenvalue weighted by Crippen LogP contribution is -2.30. The van der Waals surface area contributed by atoms with Gasteiger partial charge in [0.05, 0.1) is 12.2 Å². The number of hydrogen-bond donors (Lipinski definition) is 2. The SMILES string of the molecule is CCOC(=O)c1[nH]c(C)c(C(=O)O[C@@H](C)C(=O)Nc2ccc(N(C)C)cc2)c1C. The summed E-state index contributed by atoms with van der Waals surface area (Å²) in [4.78, 5) is 41.8. The van der Waals surface area contributed by atoms with Crippen LogP contribution in [0, 0.1) is 13.8 Å². The first kappa shape index (κ1) is 22.0. The molecule has 0 unspecified atom stereocenters. The van der Waals surface area contributed by atoms with Gasteiger partial charge in [-0.05, 0) is 57.5 Å². The number of aromatic amines is 1. The minimum Gasteiger partial charge on any atom is -0.461 e. The zero-order chi connectivity index (χ0) is 21.7. The zero-order valence-corrected chi connectivity index (χ0v) is 17.6. The van der Waals surface area contributed by atoms with Gasteiger partial charge in [0.25, 0.3) is 5.91 Å². The fourth-order valence-electron chi connectivity index (χ4n) is 2.82. The van der Waals surface area contributed by atoms with E-state index in [0.29, 0.717) is 16.9 Å². The van der Waals surface area contributed by atoms with Crippen LogP contribution in [0.25, 0.3) is 0 Å². The van der Waals surface area contributed by atoms with E-state index in [1.54, 1.807) is 32.9 Å². The number of hydrogen-bond acceptors (Lipinski definition) is 6. The van der Waals surface area contributed by atoms with E-state index in [-0.39, 0.29) is 17.9 Å². The van der Waals surface area contributed by atoms with Crippen LogP contribution in [0.2, 0.25) is 0 Å². The summed E-state index contributed by atoms with van der Waals surface area (Å²) < 4.78 is 10.3. The molecular weight excluding hydrogens is 374 g/mol. The van der Waals surface area contributed by atoms with Crippen molar-refractivity contribution in [2.75, 3.05) is 30.9 Å². The standard InChI is InChI=1S/C21H27N3O5/c1-7-28-21(27)18-12(2)17(13(3)22-18)20(26)29-14(4)19(25)23-15-8-10-16(11-9-15)24(5)6/h8-11,14,22H,7H2,1-6H3,(H,23,25)/t14-/m0/s1. The average Bonchev–Trinajstić information content (AvgIpc) is 2.96. The van der Waals surface area contributed by atoms with Crippen molar-refractivity contribution in [3.8, 4) is 0 Å². The Hall–Kier alpha value is -3.29. The van der Waals surface area contributed by atoms with Crippen LogP contribution in [0.4, 0.5) is 11.4 Å². The number of H-pyrrole nitrogens is 1. The van der Waals surface area contributed by atoms with Gasteiger partial charge in [0, 0.05) is 31.2 Å². The number of amides is 1. The van der Waals surface area contributed by atoms with Crippen molar-refractivity contribution in [1.82, 2.24) is 4.98 Å². The van der Waals surface area contributed by atoms with Gasteiger partial charge >= 0.3 is 11.9 Å².